The van der Waals surface area contributed by atoms with Gasteiger partial charge in [-0.2, -0.15) is 4.68 Å². The number of nitrogens with one attached hydrogen (secondary N) is 1. The van der Waals surface area contributed by atoms with Gasteiger partial charge in [0.25, 0.3) is 5.91 Å². The Morgan fingerprint density at radius 1 is 1.16 bits per heavy atom. The van der Waals surface area contributed by atoms with Gasteiger partial charge in [0.05, 0.1) is 26.0 Å². The van der Waals surface area contributed by atoms with E-state index in [0.717, 1.165) is 62.6 Å². The second kappa shape index (κ2) is 10.6. The molecule has 1 aromatic heterocycles. The molecule has 200 valence electrons. The molecule has 38 heavy (non-hydrogen) atoms. The van der Waals surface area contributed by atoms with E-state index in [1.54, 1.807) is 23.9 Å². The van der Waals surface area contributed by atoms with E-state index in [0.29, 0.717) is 35.2 Å². The summed E-state index contributed by atoms with van der Waals surface area (Å²) in [5.74, 6) is 2.49. The van der Waals surface area contributed by atoms with E-state index in [1.807, 2.05) is 25.2 Å². The van der Waals surface area contributed by atoms with Crippen molar-refractivity contribution in [2.45, 2.75) is 12.5 Å². The third kappa shape index (κ3) is 4.55. The van der Waals surface area contributed by atoms with Gasteiger partial charge in [-0.15, -0.1) is 5.10 Å². The Labute approximate surface area is 220 Å². The summed E-state index contributed by atoms with van der Waals surface area (Å²) in [6.07, 6.45) is 0.840. The molecule has 6 rings (SSSR count). The van der Waals surface area contributed by atoms with Crippen LogP contribution in [0.25, 0.3) is 5.69 Å². The average Bonchev–Trinajstić information content (AvgIpc) is 3.62. The number of carbonyl (C=O) groups is 1. The molecule has 0 spiro atoms. The minimum absolute atomic E-state index is 0.108. The molecule has 3 aliphatic rings. The summed E-state index contributed by atoms with van der Waals surface area (Å²) in [6, 6.07) is 9.07. The number of hydrogen-bond donors (Lipinski definition) is 1. The van der Waals surface area contributed by atoms with E-state index in [4.69, 9.17) is 18.9 Å². The van der Waals surface area contributed by atoms with Crippen LogP contribution in [0.1, 0.15) is 33.4 Å². The number of rotatable bonds is 7. The van der Waals surface area contributed by atoms with E-state index in [2.05, 4.69) is 30.6 Å². The molecule has 3 aromatic rings. The van der Waals surface area contributed by atoms with Crippen molar-refractivity contribution in [3.8, 4) is 22.9 Å². The smallest absolute Gasteiger partial charge is 0.251 e. The van der Waals surface area contributed by atoms with Gasteiger partial charge < -0.3 is 24.3 Å². The predicted molar refractivity (Wildman–Crippen MR) is 136 cm³/mol. The fourth-order valence-electron chi connectivity index (χ4n) is 5.32. The number of aromatic nitrogens is 4. The van der Waals surface area contributed by atoms with Crippen LogP contribution in [-0.4, -0.2) is 103 Å². The summed E-state index contributed by atoms with van der Waals surface area (Å²) in [5.41, 5.74) is 3.43. The summed E-state index contributed by atoms with van der Waals surface area (Å²) < 4.78 is 24.3. The normalized spacial score (nSPS) is 19.3. The lowest BCUT2D eigenvalue weighted by molar-refractivity contribution is 0.0383. The quantitative estimate of drug-likeness (QED) is 0.483. The third-order valence-corrected chi connectivity index (χ3v) is 7.33. The van der Waals surface area contributed by atoms with Crippen molar-refractivity contribution in [2.24, 2.45) is 0 Å². The Morgan fingerprint density at radius 2 is 1.97 bits per heavy atom. The zero-order chi connectivity index (χ0) is 26.1. The number of nitrogens with zero attached hydrogens (tertiary/aromatic N) is 6. The van der Waals surface area contributed by atoms with Crippen LogP contribution in [0.5, 0.6) is 17.2 Å². The highest BCUT2D eigenvalue weighted by Gasteiger charge is 2.37. The molecule has 12 nitrogen and oxygen atoms in total. The van der Waals surface area contributed by atoms with Crippen LogP contribution in [0.15, 0.2) is 30.3 Å². The molecule has 0 saturated carbocycles. The van der Waals surface area contributed by atoms with Gasteiger partial charge in [-0.1, -0.05) is 0 Å². The van der Waals surface area contributed by atoms with Gasteiger partial charge >= 0.3 is 0 Å². The molecule has 1 fully saturated rings. The van der Waals surface area contributed by atoms with Crippen LogP contribution in [0.3, 0.4) is 0 Å². The molecule has 0 bridgehead atoms. The van der Waals surface area contributed by atoms with Crippen molar-refractivity contribution in [3.05, 3.63) is 52.8 Å². The summed E-state index contributed by atoms with van der Waals surface area (Å²) >= 11 is 0. The van der Waals surface area contributed by atoms with E-state index >= 15 is 0 Å². The van der Waals surface area contributed by atoms with Crippen molar-refractivity contribution in [3.63, 3.8) is 0 Å². The molecule has 12 heteroatoms. The molecule has 1 saturated heterocycles. The number of likely N-dealkylation sites (N-methyl/N-ethyl adjacent to an activating group) is 1. The lowest BCUT2D eigenvalue weighted by atomic mass is 9.90. The first-order valence-corrected chi connectivity index (χ1v) is 12.8. The van der Waals surface area contributed by atoms with Crippen LogP contribution in [0.2, 0.25) is 0 Å². The first-order valence-electron chi connectivity index (χ1n) is 12.8. The van der Waals surface area contributed by atoms with Crippen molar-refractivity contribution in [2.75, 3.05) is 66.9 Å². The number of fused-ring (bicyclic) bond motifs is 2. The Hall–Kier alpha value is -3.74. The molecular formula is C26H31N7O5. The zero-order valence-electron chi connectivity index (χ0n) is 21.6. The van der Waals surface area contributed by atoms with Crippen molar-refractivity contribution in [1.82, 2.24) is 35.3 Å². The Kier molecular flexibility index (Phi) is 6.83. The van der Waals surface area contributed by atoms with E-state index < -0.39 is 0 Å². The Balaban J connectivity index is 1.23. The topological polar surface area (TPSA) is 116 Å². The van der Waals surface area contributed by atoms with Crippen molar-refractivity contribution < 1.29 is 23.7 Å². The summed E-state index contributed by atoms with van der Waals surface area (Å²) in [5, 5.41) is 15.7. The number of ether oxygens (including phenoxy) is 4. The van der Waals surface area contributed by atoms with Gasteiger partial charge in [0.1, 0.15) is 6.04 Å². The highest BCUT2D eigenvalue weighted by molar-refractivity contribution is 5.94. The van der Waals surface area contributed by atoms with Gasteiger partial charge in [-0.05, 0) is 59.8 Å². The maximum absolute atomic E-state index is 12.7. The average molecular weight is 522 g/mol. The lowest BCUT2D eigenvalue weighted by Gasteiger charge is -2.34. The maximum atomic E-state index is 12.7. The van der Waals surface area contributed by atoms with Gasteiger partial charge in [0.15, 0.2) is 17.3 Å². The van der Waals surface area contributed by atoms with Crippen LogP contribution in [0, 0.1) is 0 Å². The first kappa shape index (κ1) is 24.6. The number of carbonyl (C=O) groups excluding carboxylic acids is 1. The molecule has 4 heterocycles. The maximum Gasteiger partial charge on any atom is 0.251 e. The molecule has 1 unspecified atom stereocenters. The first-order chi connectivity index (χ1) is 18.6. The minimum atomic E-state index is -0.263. The van der Waals surface area contributed by atoms with Gasteiger partial charge in [0.2, 0.25) is 12.5 Å². The zero-order valence-corrected chi connectivity index (χ0v) is 21.6. The fraction of sp³-hybridized carbons (Fsp3) is 0.462. The van der Waals surface area contributed by atoms with Gasteiger partial charge in [0, 0.05) is 43.9 Å². The molecule has 1 N–H and O–H groups in total. The Bertz CT molecular complexity index is 1310. The van der Waals surface area contributed by atoms with Crippen molar-refractivity contribution >= 4 is 5.91 Å². The number of tetrazole rings is 1. The number of hydrogen-bond acceptors (Lipinski definition) is 10. The Morgan fingerprint density at radius 3 is 2.76 bits per heavy atom. The molecule has 3 aliphatic heterocycles. The molecule has 0 radical (unpaired) electrons. The van der Waals surface area contributed by atoms with Crippen LogP contribution in [-0.2, 0) is 11.2 Å². The van der Waals surface area contributed by atoms with Crippen LogP contribution < -0.4 is 19.5 Å². The number of amides is 1. The summed E-state index contributed by atoms with van der Waals surface area (Å²) in [6.45, 7) is 5.66. The highest BCUT2D eigenvalue weighted by Crippen LogP contribution is 2.50. The minimum Gasteiger partial charge on any atom is -0.492 e. The molecule has 1 atom stereocenters. The fourth-order valence-corrected chi connectivity index (χ4v) is 5.32. The largest absolute Gasteiger partial charge is 0.492 e. The SMILES string of the molecule is COc1c2c(cc3c1C(c1nnnn1-c1ccc(C(=O)NCCN4CCOCC4)cc1)N(C)CC3)OCO2. The van der Waals surface area contributed by atoms with Gasteiger partial charge in [-0.25, -0.2) is 0 Å². The van der Waals surface area contributed by atoms with Crippen LogP contribution >= 0.6 is 0 Å². The van der Waals surface area contributed by atoms with E-state index in [9.17, 15) is 4.79 Å². The summed E-state index contributed by atoms with van der Waals surface area (Å²) in [4.78, 5) is 17.2. The molecular weight excluding hydrogens is 490 g/mol. The number of methoxy groups -OCH3 is 1. The molecule has 1 amide bonds. The lowest BCUT2D eigenvalue weighted by Crippen LogP contribution is -2.41. The number of morpholine rings is 1. The second-order valence-electron chi connectivity index (χ2n) is 9.56. The summed E-state index contributed by atoms with van der Waals surface area (Å²) in [7, 11) is 3.68. The van der Waals surface area contributed by atoms with E-state index in [1.165, 1.54) is 0 Å². The van der Waals surface area contributed by atoms with Crippen molar-refractivity contribution in [1.29, 1.82) is 0 Å². The van der Waals surface area contributed by atoms with E-state index in [-0.39, 0.29) is 18.7 Å². The molecule has 2 aromatic carbocycles. The highest BCUT2D eigenvalue weighted by atomic mass is 16.7. The third-order valence-electron chi connectivity index (χ3n) is 7.33. The van der Waals surface area contributed by atoms with Crippen LogP contribution in [0.4, 0.5) is 0 Å². The monoisotopic (exact) mass is 521 g/mol. The van der Waals surface area contributed by atoms with Gasteiger partial charge in [-0.3, -0.25) is 14.6 Å². The molecule has 0 aliphatic carbocycles. The second-order valence-corrected chi connectivity index (χ2v) is 9.56. The standard InChI is InChI=1S/C26H31N7O5/c1-31-9-7-18-15-20-23(38-16-37-20)24(35-2)21(18)22(31)25-28-29-30-33(25)19-5-3-17(4-6-19)26(34)27-8-10-32-11-13-36-14-12-32/h3-6,15,22H,7-14,16H2,1-2H3,(H,27,34). The number of benzene rings is 2. The predicted octanol–water partition coefficient (Wildman–Crippen LogP) is 1.04.